The molecule has 0 saturated carbocycles. The lowest BCUT2D eigenvalue weighted by molar-refractivity contribution is 0.102. The second-order valence-electron chi connectivity index (χ2n) is 5.88. The van der Waals surface area contributed by atoms with Gasteiger partial charge < -0.3 is 5.32 Å². The van der Waals surface area contributed by atoms with Crippen LogP contribution in [0.2, 0.25) is 0 Å². The summed E-state index contributed by atoms with van der Waals surface area (Å²) < 4.78 is 0.796. The molecular weight excluding hydrogens is 410 g/mol. The summed E-state index contributed by atoms with van der Waals surface area (Å²) in [7, 11) is 0. The molecule has 4 nitrogen and oxygen atoms in total. The van der Waals surface area contributed by atoms with Crippen LogP contribution in [0.5, 0.6) is 0 Å². The third kappa shape index (κ3) is 4.71. The number of hydrogen-bond donors (Lipinski definition) is 1. The molecular formula is C20H18BrN3OS. The first kappa shape index (κ1) is 18.6. The van der Waals surface area contributed by atoms with Crippen molar-refractivity contribution >= 4 is 39.3 Å². The highest BCUT2D eigenvalue weighted by molar-refractivity contribution is 9.10. The first-order valence-electron chi connectivity index (χ1n) is 8.10. The molecule has 3 aromatic rings. The van der Waals surface area contributed by atoms with E-state index in [1.807, 2.05) is 44.2 Å². The Balaban J connectivity index is 1.75. The monoisotopic (exact) mass is 427 g/mol. The number of thioether (sulfide) groups is 1. The van der Waals surface area contributed by atoms with E-state index in [1.165, 1.54) is 17.3 Å². The molecule has 1 amide bonds. The zero-order valence-electron chi connectivity index (χ0n) is 14.5. The molecule has 2 heterocycles. The molecule has 0 atom stereocenters. The molecule has 0 saturated heterocycles. The topological polar surface area (TPSA) is 54.9 Å². The van der Waals surface area contributed by atoms with Crippen LogP contribution in [0.4, 0.5) is 5.69 Å². The average molecular weight is 428 g/mol. The first-order valence-corrected chi connectivity index (χ1v) is 9.87. The average Bonchev–Trinajstić information content (AvgIpc) is 2.63. The van der Waals surface area contributed by atoms with Crippen LogP contribution in [0.1, 0.15) is 27.0 Å². The standard InChI is InChI=1S/C20H18BrN3OS/c1-13-5-6-16(10-14(13)2)24-19(25)17-4-3-8-23-20(17)26-12-15-7-9-22-18(21)11-15/h3-11H,12H2,1-2H3,(H,24,25). The van der Waals surface area contributed by atoms with Crippen molar-refractivity contribution in [3.8, 4) is 0 Å². The SMILES string of the molecule is Cc1ccc(NC(=O)c2cccnc2SCc2ccnc(Br)c2)cc1C. The van der Waals surface area contributed by atoms with Crippen molar-refractivity contribution in [2.75, 3.05) is 5.32 Å². The van der Waals surface area contributed by atoms with Crippen molar-refractivity contribution in [1.82, 2.24) is 9.97 Å². The van der Waals surface area contributed by atoms with Gasteiger partial charge in [0.25, 0.3) is 5.91 Å². The van der Waals surface area contributed by atoms with Gasteiger partial charge in [-0.1, -0.05) is 6.07 Å². The van der Waals surface area contributed by atoms with Gasteiger partial charge in [-0.15, -0.1) is 11.8 Å². The number of halogens is 1. The molecule has 26 heavy (non-hydrogen) atoms. The number of benzene rings is 1. The minimum Gasteiger partial charge on any atom is -0.322 e. The van der Waals surface area contributed by atoms with E-state index in [1.54, 1.807) is 24.5 Å². The van der Waals surface area contributed by atoms with E-state index in [-0.39, 0.29) is 5.91 Å². The summed E-state index contributed by atoms with van der Waals surface area (Å²) in [4.78, 5) is 21.2. The molecule has 0 aliphatic carbocycles. The van der Waals surface area contributed by atoms with Gasteiger partial charge in [-0.2, -0.15) is 0 Å². The van der Waals surface area contributed by atoms with Gasteiger partial charge >= 0.3 is 0 Å². The van der Waals surface area contributed by atoms with E-state index >= 15 is 0 Å². The maximum absolute atomic E-state index is 12.7. The molecule has 1 aromatic carbocycles. The van der Waals surface area contributed by atoms with Crippen molar-refractivity contribution < 1.29 is 4.79 Å². The second kappa shape index (κ2) is 8.47. The lowest BCUT2D eigenvalue weighted by Crippen LogP contribution is -2.13. The highest BCUT2D eigenvalue weighted by atomic mass is 79.9. The lowest BCUT2D eigenvalue weighted by Gasteiger charge is -2.10. The Morgan fingerprint density at radius 1 is 1.08 bits per heavy atom. The van der Waals surface area contributed by atoms with Gasteiger partial charge in [-0.25, -0.2) is 9.97 Å². The van der Waals surface area contributed by atoms with E-state index in [0.717, 1.165) is 21.4 Å². The number of hydrogen-bond acceptors (Lipinski definition) is 4. The number of carbonyl (C=O) groups excluding carboxylic acids is 1. The number of aromatic nitrogens is 2. The number of carbonyl (C=O) groups is 1. The Kier molecular flexibility index (Phi) is 6.06. The van der Waals surface area contributed by atoms with Gasteiger partial charge in [-0.05, 0) is 82.9 Å². The fourth-order valence-electron chi connectivity index (χ4n) is 2.38. The Hall–Kier alpha value is -2.18. The molecule has 0 spiro atoms. The van der Waals surface area contributed by atoms with Gasteiger partial charge in [0.05, 0.1) is 5.56 Å². The van der Waals surface area contributed by atoms with Crippen molar-refractivity contribution in [2.45, 2.75) is 24.6 Å². The highest BCUT2D eigenvalue weighted by Crippen LogP contribution is 2.26. The van der Waals surface area contributed by atoms with Gasteiger partial charge in [0.1, 0.15) is 9.63 Å². The summed E-state index contributed by atoms with van der Waals surface area (Å²) in [5, 5.41) is 3.67. The van der Waals surface area contributed by atoms with E-state index in [9.17, 15) is 4.79 Å². The number of nitrogens with one attached hydrogen (secondary N) is 1. The maximum atomic E-state index is 12.7. The van der Waals surface area contributed by atoms with Crippen molar-refractivity contribution in [1.29, 1.82) is 0 Å². The molecule has 0 bridgehead atoms. The van der Waals surface area contributed by atoms with E-state index < -0.39 is 0 Å². The third-order valence-electron chi connectivity index (χ3n) is 3.95. The van der Waals surface area contributed by atoms with Crippen molar-refractivity contribution in [2.24, 2.45) is 0 Å². The second-order valence-corrected chi connectivity index (χ2v) is 7.66. The van der Waals surface area contributed by atoms with E-state index in [2.05, 4.69) is 31.2 Å². The third-order valence-corrected chi connectivity index (χ3v) is 5.46. The van der Waals surface area contributed by atoms with Crippen LogP contribution in [-0.2, 0) is 5.75 Å². The Morgan fingerprint density at radius 2 is 1.92 bits per heavy atom. The Bertz CT molecular complexity index is 946. The van der Waals surface area contributed by atoms with Crippen LogP contribution in [0.25, 0.3) is 0 Å². The molecule has 0 fully saturated rings. The predicted molar refractivity (Wildman–Crippen MR) is 110 cm³/mol. The minimum absolute atomic E-state index is 0.153. The Morgan fingerprint density at radius 3 is 2.69 bits per heavy atom. The van der Waals surface area contributed by atoms with Gasteiger partial charge in [0.15, 0.2) is 0 Å². The highest BCUT2D eigenvalue weighted by Gasteiger charge is 2.13. The number of nitrogens with zero attached hydrogens (tertiary/aromatic N) is 2. The van der Waals surface area contributed by atoms with Crippen molar-refractivity contribution in [3.05, 3.63) is 81.7 Å². The molecule has 0 radical (unpaired) electrons. The predicted octanol–water partition coefficient (Wildman–Crippen LogP) is 5.40. The number of rotatable bonds is 5. The van der Waals surface area contributed by atoms with Crippen LogP contribution < -0.4 is 5.32 Å². The molecule has 1 N–H and O–H groups in total. The molecule has 6 heteroatoms. The molecule has 0 unspecified atom stereocenters. The fourth-order valence-corrected chi connectivity index (χ4v) is 3.73. The van der Waals surface area contributed by atoms with E-state index in [0.29, 0.717) is 16.3 Å². The number of anilines is 1. The summed E-state index contributed by atoms with van der Waals surface area (Å²) in [5.41, 5.74) is 4.82. The van der Waals surface area contributed by atoms with E-state index in [4.69, 9.17) is 0 Å². The van der Waals surface area contributed by atoms with Crippen LogP contribution in [0.15, 0.2) is 64.5 Å². The van der Waals surface area contributed by atoms with Crippen LogP contribution in [-0.4, -0.2) is 15.9 Å². The lowest BCUT2D eigenvalue weighted by atomic mass is 10.1. The fraction of sp³-hybridized carbons (Fsp3) is 0.150. The summed E-state index contributed by atoms with van der Waals surface area (Å²) in [6.07, 6.45) is 3.46. The normalized spacial score (nSPS) is 10.6. The van der Waals surface area contributed by atoms with Crippen molar-refractivity contribution in [3.63, 3.8) is 0 Å². The molecule has 132 valence electrons. The summed E-state index contributed by atoms with van der Waals surface area (Å²) in [6, 6.07) is 13.4. The van der Waals surface area contributed by atoms with Crippen LogP contribution >= 0.6 is 27.7 Å². The summed E-state index contributed by atoms with van der Waals surface area (Å²) >= 11 is 4.91. The summed E-state index contributed by atoms with van der Waals surface area (Å²) in [6.45, 7) is 4.08. The zero-order chi connectivity index (χ0) is 18.5. The van der Waals surface area contributed by atoms with Crippen LogP contribution in [0, 0.1) is 13.8 Å². The Labute approximate surface area is 165 Å². The van der Waals surface area contributed by atoms with Gasteiger partial charge in [-0.3, -0.25) is 4.79 Å². The summed E-state index contributed by atoms with van der Waals surface area (Å²) in [5.74, 6) is 0.557. The van der Waals surface area contributed by atoms with Crippen LogP contribution in [0.3, 0.4) is 0 Å². The smallest absolute Gasteiger partial charge is 0.258 e. The molecule has 2 aromatic heterocycles. The zero-order valence-corrected chi connectivity index (χ0v) is 16.9. The number of amides is 1. The number of pyridine rings is 2. The van der Waals surface area contributed by atoms with Gasteiger partial charge in [0.2, 0.25) is 0 Å². The quantitative estimate of drug-likeness (QED) is 0.437. The molecule has 0 aliphatic rings. The minimum atomic E-state index is -0.153. The molecule has 0 aliphatic heterocycles. The largest absolute Gasteiger partial charge is 0.322 e. The van der Waals surface area contributed by atoms with Gasteiger partial charge in [0, 0.05) is 23.8 Å². The molecule has 3 rings (SSSR count). The first-order chi connectivity index (χ1) is 12.5. The maximum Gasteiger partial charge on any atom is 0.258 e. The number of aryl methyl sites for hydroxylation is 2.